The zero-order chi connectivity index (χ0) is 31.1. The predicted molar refractivity (Wildman–Crippen MR) is 166 cm³/mol. The summed E-state index contributed by atoms with van der Waals surface area (Å²) in [5, 5.41) is 0. The summed E-state index contributed by atoms with van der Waals surface area (Å²) in [6.07, 6.45) is 2.52. The molecule has 3 aliphatic rings. The lowest BCUT2D eigenvalue weighted by atomic mass is 9.92. The van der Waals surface area contributed by atoms with Crippen molar-refractivity contribution >= 4 is 23.2 Å². The molecule has 2 aromatic carbocycles. The Kier molecular flexibility index (Phi) is 8.02. The van der Waals surface area contributed by atoms with Crippen molar-refractivity contribution in [3.8, 4) is 22.6 Å². The quantitative estimate of drug-likeness (QED) is 0.382. The maximum atomic E-state index is 13.3. The second-order valence-electron chi connectivity index (χ2n) is 12.0. The number of pyridine rings is 1. The summed E-state index contributed by atoms with van der Waals surface area (Å²) in [7, 11) is 5.07. The number of Topliss-reactive ketones (excluding diaryl/α,β-unsaturated/α-hetero) is 2. The van der Waals surface area contributed by atoms with E-state index in [4.69, 9.17) is 9.47 Å². The molecule has 1 saturated heterocycles. The van der Waals surface area contributed by atoms with Crippen molar-refractivity contribution in [1.82, 2.24) is 14.4 Å². The molecule has 2 fully saturated rings. The summed E-state index contributed by atoms with van der Waals surface area (Å²) in [5.74, 6) is 1.15. The first-order chi connectivity index (χ1) is 21.2. The van der Waals surface area contributed by atoms with E-state index in [1.54, 1.807) is 30.7 Å². The largest absolute Gasteiger partial charge is 0.496 e. The average molecular weight is 599 g/mol. The number of benzene rings is 2. The number of fused-ring (bicyclic) bond motifs is 1. The van der Waals surface area contributed by atoms with Crippen LogP contribution in [0.25, 0.3) is 11.1 Å². The van der Waals surface area contributed by atoms with Crippen molar-refractivity contribution in [3.63, 3.8) is 0 Å². The Balaban J connectivity index is 1.14. The van der Waals surface area contributed by atoms with Crippen LogP contribution in [0.15, 0.2) is 47.4 Å². The molecule has 0 bridgehead atoms. The van der Waals surface area contributed by atoms with Crippen LogP contribution >= 0.6 is 0 Å². The molecule has 2 aliphatic heterocycles. The van der Waals surface area contributed by atoms with Gasteiger partial charge in [0, 0.05) is 75.7 Å². The Bertz CT molecular complexity index is 1650. The Morgan fingerprint density at radius 1 is 0.886 bits per heavy atom. The van der Waals surface area contributed by atoms with Gasteiger partial charge in [-0.2, -0.15) is 0 Å². The highest BCUT2D eigenvalue weighted by atomic mass is 16.5. The highest BCUT2D eigenvalue weighted by Gasteiger charge is 2.39. The fourth-order valence-electron chi connectivity index (χ4n) is 6.68. The number of piperazine rings is 1. The van der Waals surface area contributed by atoms with Crippen LogP contribution in [0.3, 0.4) is 0 Å². The second-order valence-corrected chi connectivity index (χ2v) is 12.0. The van der Waals surface area contributed by atoms with Gasteiger partial charge in [-0.3, -0.25) is 24.1 Å². The van der Waals surface area contributed by atoms with Crippen LogP contribution in [0.2, 0.25) is 0 Å². The third-order valence-electron chi connectivity index (χ3n) is 9.16. The third-order valence-corrected chi connectivity index (χ3v) is 9.16. The Hall–Kier alpha value is -4.44. The number of ketones is 2. The summed E-state index contributed by atoms with van der Waals surface area (Å²) >= 11 is 0. The molecule has 0 radical (unpaired) electrons. The minimum absolute atomic E-state index is 0.0217. The van der Waals surface area contributed by atoms with E-state index in [2.05, 4.69) is 15.9 Å². The number of hydrogen-bond acceptors (Lipinski definition) is 8. The number of methoxy groups -OCH3 is 2. The van der Waals surface area contributed by atoms with Gasteiger partial charge in [0.15, 0.2) is 5.78 Å². The number of carbonyl (C=O) groups is 3. The SMILES string of the molecule is COc1cc(-c2cc(C)c(=O)n(C)c2)cc(OC)c1CN1CCN(c2ccc3c(c2)C(=O)N(C2CCC(=O)CC2=O)C3)CC1. The summed E-state index contributed by atoms with van der Waals surface area (Å²) in [6, 6.07) is 11.4. The highest BCUT2D eigenvalue weighted by molar-refractivity contribution is 6.07. The topological polar surface area (TPSA) is 101 Å². The number of amides is 1. The number of aromatic nitrogens is 1. The van der Waals surface area contributed by atoms with Gasteiger partial charge in [0.1, 0.15) is 17.3 Å². The van der Waals surface area contributed by atoms with Gasteiger partial charge in [0.05, 0.1) is 32.2 Å². The molecule has 0 N–H and O–H groups in total. The van der Waals surface area contributed by atoms with Crippen molar-refractivity contribution in [1.29, 1.82) is 0 Å². The van der Waals surface area contributed by atoms with Crippen LogP contribution in [0.4, 0.5) is 5.69 Å². The van der Waals surface area contributed by atoms with Gasteiger partial charge in [-0.25, -0.2) is 0 Å². The summed E-state index contributed by atoms with van der Waals surface area (Å²) in [4.78, 5) is 56.0. The van der Waals surface area contributed by atoms with Gasteiger partial charge in [-0.15, -0.1) is 0 Å². The molecule has 1 atom stereocenters. The molecule has 1 saturated carbocycles. The number of ether oxygens (including phenoxy) is 2. The zero-order valence-corrected chi connectivity index (χ0v) is 25.7. The van der Waals surface area contributed by atoms with E-state index < -0.39 is 6.04 Å². The first-order valence-electron chi connectivity index (χ1n) is 15.0. The molecule has 1 unspecified atom stereocenters. The maximum absolute atomic E-state index is 13.3. The molecule has 1 aliphatic carbocycles. The molecule has 1 amide bonds. The van der Waals surface area contributed by atoms with Crippen LogP contribution in [-0.2, 0) is 29.7 Å². The molecule has 6 rings (SSSR count). The van der Waals surface area contributed by atoms with Crippen molar-refractivity contribution in [3.05, 3.63) is 75.2 Å². The predicted octanol–water partition coefficient (Wildman–Crippen LogP) is 3.35. The normalized spacial score (nSPS) is 19.0. The monoisotopic (exact) mass is 598 g/mol. The Labute approximate surface area is 256 Å². The number of nitrogens with zero attached hydrogens (tertiary/aromatic N) is 4. The average Bonchev–Trinajstić information content (AvgIpc) is 3.35. The van der Waals surface area contributed by atoms with Crippen LogP contribution in [0.5, 0.6) is 11.5 Å². The lowest BCUT2D eigenvalue weighted by molar-refractivity contribution is -0.133. The first kappa shape index (κ1) is 29.6. The molecule has 3 heterocycles. The van der Waals surface area contributed by atoms with E-state index in [9.17, 15) is 19.2 Å². The lowest BCUT2D eigenvalue weighted by Gasteiger charge is -2.36. The van der Waals surface area contributed by atoms with Crippen molar-refractivity contribution < 1.29 is 23.9 Å². The summed E-state index contributed by atoms with van der Waals surface area (Å²) < 4.78 is 13.2. The standard InChI is InChI=1S/C34H38N4O6/c1-21-13-24(18-35(2)33(21)41)23-14-31(43-3)28(32(15-23)44-4)20-36-9-11-37(12-10-36)25-6-5-22-19-38(34(42)27(22)16-25)29-8-7-26(39)17-30(29)40/h5-6,13-16,18,29H,7-12,17,19-20H2,1-4H3. The Morgan fingerprint density at radius 3 is 2.23 bits per heavy atom. The molecule has 230 valence electrons. The van der Waals surface area contributed by atoms with Gasteiger partial charge in [0.25, 0.3) is 11.5 Å². The lowest BCUT2D eigenvalue weighted by Crippen LogP contribution is -2.46. The molecule has 1 aromatic heterocycles. The van der Waals surface area contributed by atoms with Crippen LogP contribution < -0.4 is 19.9 Å². The highest BCUT2D eigenvalue weighted by Crippen LogP contribution is 2.37. The van der Waals surface area contributed by atoms with Crippen molar-refractivity contribution in [2.24, 2.45) is 7.05 Å². The maximum Gasteiger partial charge on any atom is 0.255 e. The van der Waals surface area contributed by atoms with Gasteiger partial charge < -0.3 is 23.8 Å². The molecular formula is C34H38N4O6. The smallest absolute Gasteiger partial charge is 0.255 e. The number of hydrogen-bond donors (Lipinski definition) is 0. The van der Waals surface area contributed by atoms with Crippen LogP contribution in [-0.4, -0.2) is 78.3 Å². The fourth-order valence-corrected chi connectivity index (χ4v) is 6.68. The fraction of sp³-hybridized carbons (Fsp3) is 0.412. The van der Waals surface area contributed by atoms with E-state index in [1.165, 1.54) is 0 Å². The van der Waals surface area contributed by atoms with E-state index in [0.717, 1.165) is 65.6 Å². The van der Waals surface area contributed by atoms with Gasteiger partial charge >= 0.3 is 0 Å². The van der Waals surface area contributed by atoms with Crippen molar-refractivity contribution in [2.75, 3.05) is 45.3 Å². The molecule has 44 heavy (non-hydrogen) atoms. The summed E-state index contributed by atoms with van der Waals surface area (Å²) in [5.41, 5.74) is 6.02. The molecular weight excluding hydrogens is 560 g/mol. The Morgan fingerprint density at radius 2 is 1.59 bits per heavy atom. The molecule has 3 aromatic rings. The third kappa shape index (κ3) is 5.50. The number of anilines is 1. The van der Waals surface area contributed by atoms with Gasteiger partial charge in [0.2, 0.25) is 0 Å². The minimum Gasteiger partial charge on any atom is -0.496 e. The molecule has 0 spiro atoms. The molecule has 10 heteroatoms. The van der Waals surface area contributed by atoms with E-state index in [1.807, 2.05) is 43.5 Å². The van der Waals surface area contributed by atoms with Crippen molar-refractivity contribution in [2.45, 2.75) is 45.3 Å². The first-order valence-corrected chi connectivity index (χ1v) is 15.0. The van der Waals surface area contributed by atoms with Gasteiger partial charge in [-0.1, -0.05) is 6.07 Å². The number of rotatable bonds is 7. The number of carbonyl (C=O) groups excluding carboxylic acids is 3. The molecule has 10 nitrogen and oxygen atoms in total. The van der Waals surface area contributed by atoms with Gasteiger partial charge in [-0.05, 0) is 60.4 Å². The van der Waals surface area contributed by atoms with E-state index >= 15 is 0 Å². The zero-order valence-electron chi connectivity index (χ0n) is 25.7. The van der Waals surface area contributed by atoms with E-state index in [0.29, 0.717) is 37.1 Å². The van der Waals surface area contributed by atoms with Crippen LogP contribution in [0.1, 0.15) is 46.3 Å². The second kappa shape index (κ2) is 11.9. The minimum atomic E-state index is -0.506. The van der Waals surface area contributed by atoms with E-state index in [-0.39, 0.29) is 29.5 Å². The number of aryl methyl sites for hydroxylation is 2. The van der Waals surface area contributed by atoms with Crippen LogP contribution in [0, 0.1) is 6.92 Å². The summed E-state index contributed by atoms with van der Waals surface area (Å²) in [6.45, 7) is 6.10.